The zero-order valence-corrected chi connectivity index (χ0v) is 48.6. The summed E-state index contributed by atoms with van der Waals surface area (Å²) in [6.07, 6.45) is 18.2. The van der Waals surface area contributed by atoms with E-state index in [2.05, 4.69) is 24.5 Å². The molecule has 0 bridgehead atoms. The van der Waals surface area contributed by atoms with Crippen molar-refractivity contribution in [2.45, 2.75) is 219 Å². The molecule has 0 saturated carbocycles. The summed E-state index contributed by atoms with van der Waals surface area (Å²) in [7, 11) is -9.93. The summed E-state index contributed by atoms with van der Waals surface area (Å²) in [5, 5.41) is 7.09. The molecule has 3 aromatic carbocycles. The molecule has 2 atom stereocenters. The number of carbonyl (C=O) groups excluding carboxylic acids is 4. The molecular formula is C58H86N2O14P2. The van der Waals surface area contributed by atoms with Gasteiger partial charge in [0.15, 0.2) is 0 Å². The van der Waals surface area contributed by atoms with Crippen molar-refractivity contribution in [1.29, 1.82) is 0 Å². The molecule has 0 aromatic heterocycles. The van der Waals surface area contributed by atoms with Crippen LogP contribution in [0.3, 0.4) is 0 Å². The average Bonchev–Trinajstić information content (AvgIpc) is 4.03. The summed E-state index contributed by atoms with van der Waals surface area (Å²) in [5.74, 6) is -3.26. The van der Waals surface area contributed by atoms with Gasteiger partial charge in [-0.1, -0.05) is 0 Å². The molecule has 422 valence electrons. The molecule has 4 aliphatic heterocycles. The summed E-state index contributed by atoms with van der Waals surface area (Å²) in [6.45, 7) is 18.9. The minimum atomic E-state index is -4.96. The molecule has 0 aliphatic carbocycles. The maximum atomic E-state index is 13.4. The van der Waals surface area contributed by atoms with Gasteiger partial charge in [-0.05, 0) is 0 Å². The van der Waals surface area contributed by atoms with E-state index in [1.165, 1.54) is 64.2 Å². The number of carbonyl (C=O) groups is 4. The minimum absolute atomic E-state index is 0.289. The first kappa shape index (κ1) is 59.4. The van der Waals surface area contributed by atoms with Crippen LogP contribution in [0.4, 0.5) is 0 Å². The first-order valence-corrected chi connectivity index (χ1v) is 31.8. The van der Waals surface area contributed by atoms with Crippen LogP contribution in [-0.2, 0) is 68.6 Å². The summed E-state index contributed by atoms with van der Waals surface area (Å²) in [4.78, 5) is 53.5. The van der Waals surface area contributed by atoms with Crippen LogP contribution in [0.25, 0.3) is 0 Å². The van der Waals surface area contributed by atoms with Gasteiger partial charge in [-0.2, -0.15) is 0 Å². The van der Waals surface area contributed by atoms with E-state index in [-0.39, 0.29) is 13.2 Å². The van der Waals surface area contributed by atoms with E-state index >= 15 is 0 Å². The molecule has 3 aromatic rings. The Morgan fingerprint density at radius 2 is 0.658 bits per heavy atom. The van der Waals surface area contributed by atoms with Gasteiger partial charge in [0.05, 0.1) is 0 Å². The molecule has 4 saturated heterocycles. The van der Waals surface area contributed by atoms with Gasteiger partial charge in [-0.15, -0.1) is 0 Å². The molecular weight excluding hydrogens is 1010 g/mol. The number of unbranched alkanes of at least 4 members (excludes halogenated alkanes) is 14. The fourth-order valence-corrected chi connectivity index (χ4v) is 19.2. The number of hydrogen-bond donors (Lipinski definition) is 2. The molecule has 2 N–H and O–H groups in total. The van der Waals surface area contributed by atoms with Crippen LogP contribution in [0.1, 0.15) is 206 Å². The maximum absolute atomic E-state index is 13.4. The zero-order valence-electron chi connectivity index (χ0n) is 46.8. The van der Waals surface area contributed by atoms with Gasteiger partial charge in [0.2, 0.25) is 0 Å². The van der Waals surface area contributed by atoms with Crippen molar-refractivity contribution >= 4 is 38.9 Å². The van der Waals surface area contributed by atoms with Crippen LogP contribution in [-0.4, -0.2) is 59.4 Å². The van der Waals surface area contributed by atoms with Crippen molar-refractivity contribution < 1.29 is 64.8 Å². The second-order valence-electron chi connectivity index (χ2n) is 22.9. The Labute approximate surface area is 451 Å². The summed E-state index contributed by atoms with van der Waals surface area (Å²) in [5.41, 5.74) is -2.48. The molecule has 0 amide bonds. The van der Waals surface area contributed by atoms with E-state index in [9.17, 15) is 19.2 Å². The molecule has 4 heterocycles. The van der Waals surface area contributed by atoms with Gasteiger partial charge < -0.3 is 0 Å². The third-order valence-electron chi connectivity index (χ3n) is 14.3. The predicted molar refractivity (Wildman–Crippen MR) is 294 cm³/mol. The molecule has 2 unspecified atom stereocenters. The van der Waals surface area contributed by atoms with E-state index in [0.717, 1.165) is 49.7 Å². The molecule has 2 spiro atoms. The van der Waals surface area contributed by atoms with Gasteiger partial charge in [0.1, 0.15) is 0 Å². The Hall–Kier alpha value is -4.24. The van der Waals surface area contributed by atoms with Gasteiger partial charge in [-0.25, -0.2) is 0 Å². The number of rotatable bonds is 30. The molecule has 4 fully saturated rings. The standard InChI is InChI=1S/C58H86N2O14P2/c1-11-13-15-17-19-21-23-25-39-59-49(75(67-51(61)55(3,4)71-75)68-52(62)56(5,6)72-75)45-31-35-47(36-32-45)65-41-43-27-29-44(30-28-43)42-66-48-37-33-46(34-38-48)50(60-40-26-24-22-20-18-16-14-12-2)76(69-53(63)57(7,8)73-76)70-54(64)58(9,10)74-76/h27-38,49-50,59-60H,11-26,39-42H2,1-10H3. The van der Waals surface area contributed by atoms with Gasteiger partial charge in [0.25, 0.3) is 0 Å². The Morgan fingerprint density at radius 3 is 0.908 bits per heavy atom. The fraction of sp³-hybridized carbons (Fsp3) is 0.621. The molecule has 4 aliphatic rings. The van der Waals surface area contributed by atoms with Crippen LogP contribution in [0.5, 0.6) is 11.5 Å². The van der Waals surface area contributed by atoms with Crippen molar-refractivity contribution in [2.75, 3.05) is 13.1 Å². The second-order valence-corrected chi connectivity index (χ2v) is 28.8. The van der Waals surface area contributed by atoms with Crippen LogP contribution in [0, 0.1) is 0 Å². The second kappa shape index (κ2) is 24.0. The van der Waals surface area contributed by atoms with Gasteiger partial charge in [0, 0.05) is 0 Å². The van der Waals surface area contributed by atoms with E-state index in [0.29, 0.717) is 35.7 Å². The van der Waals surface area contributed by atoms with E-state index in [1.54, 1.807) is 55.4 Å². The Bertz CT molecular complexity index is 2240. The van der Waals surface area contributed by atoms with Crippen LogP contribution >= 0.6 is 15.0 Å². The van der Waals surface area contributed by atoms with Crippen molar-refractivity contribution in [3.05, 3.63) is 95.1 Å². The molecule has 16 nitrogen and oxygen atoms in total. The van der Waals surface area contributed by atoms with Crippen LogP contribution in [0.15, 0.2) is 72.8 Å². The Kier molecular flexibility index (Phi) is 18.8. The summed E-state index contributed by atoms with van der Waals surface area (Å²) >= 11 is 0. The SMILES string of the molecule is CCCCCCCCCCNC(c1ccc(OCc2ccc(COc3ccc(C(NCCCCCCCCCC)P45(OC(=O)C(C)(C)O4)OC(=O)C(C)(C)O5)cc3)cc2)cc1)P12(OC(=O)C(C)(C)O1)OC(=O)C(C)(C)O2. The molecule has 7 rings (SSSR count). The number of nitrogens with one attached hydrogen (secondary N) is 2. The van der Waals surface area contributed by atoms with Crippen LogP contribution < -0.4 is 20.1 Å². The summed E-state index contributed by atoms with van der Waals surface area (Å²) in [6, 6.07) is 22.6. The third kappa shape index (κ3) is 13.3. The summed E-state index contributed by atoms with van der Waals surface area (Å²) < 4.78 is 62.9. The van der Waals surface area contributed by atoms with Crippen molar-refractivity contribution in [1.82, 2.24) is 10.6 Å². The number of benzene rings is 3. The first-order valence-electron chi connectivity index (χ1n) is 27.9. The van der Waals surface area contributed by atoms with E-state index in [1.807, 2.05) is 72.8 Å². The normalized spacial score (nSPS) is 22.6. The van der Waals surface area contributed by atoms with E-state index < -0.39 is 72.9 Å². The molecule has 0 radical (unpaired) electrons. The van der Waals surface area contributed by atoms with E-state index in [4.69, 9.17) is 45.7 Å². The average molecular weight is 1100 g/mol. The Morgan fingerprint density at radius 1 is 0.395 bits per heavy atom. The van der Waals surface area contributed by atoms with Crippen LogP contribution in [0.2, 0.25) is 0 Å². The van der Waals surface area contributed by atoms with Crippen molar-refractivity contribution in [2.24, 2.45) is 0 Å². The quantitative estimate of drug-likeness (QED) is 0.0474. The van der Waals surface area contributed by atoms with Gasteiger partial charge >= 0.3 is 453 Å². The van der Waals surface area contributed by atoms with Crippen molar-refractivity contribution in [3.63, 3.8) is 0 Å². The number of ether oxygens (including phenoxy) is 2. The fourth-order valence-electron chi connectivity index (χ4n) is 10.1. The predicted octanol–water partition coefficient (Wildman–Crippen LogP) is 14.1. The number of hydrogen-bond acceptors (Lipinski definition) is 16. The van der Waals surface area contributed by atoms with Gasteiger partial charge in [-0.3, -0.25) is 0 Å². The monoisotopic (exact) mass is 1100 g/mol. The Balaban J connectivity index is 0.986. The first-order chi connectivity index (χ1) is 36.0. The zero-order chi connectivity index (χ0) is 54.9. The topological polar surface area (TPSA) is 185 Å². The molecule has 76 heavy (non-hydrogen) atoms. The van der Waals surface area contributed by atoms with Crippen molar-refractivity contribution in [3.8, 4) is 11.5 Å². The molecule has 18 heteroatoms. The third-order valence-corrected chi connectivity index (χ3v) is 22.1.